The molecule has 1 rings (SSSR count). The third-order valence-electron chi connectivity index (χ3n) is 2.56. The zero-order valence-electron chi connectivity index (χ0n) is 11.1. The lowest BCUT2D eigenvalue weighted by Gasteiger charge is -2.15. The Balaban J connectivity index is 2.88. The van der Waals surface area contributed by atoms with Crippen molar-refractivity contribution in [3.8, 4) is 5.75 Å². The summed E-state index contributed by atoms with van der Waals surface area (Å²) in [5.41, 5.74) is 3.87. The summed E-state index contributed by atoms with van der Waals surface area (Å²) in [4.78, 5) is 0. The number of aryl methyl sites for hydroxylation is 2. The summed E-state index contributed by atoms with van der Waals surface area (Å²) < 4.78 is 5.76. The molecule has 0 spiro atoms. The lowest BCUT2D eigenvalue weighted by molar-refractivity contribution is 0.240. The van der Waals surface area contributed by atoms with Gasteiger partial charge in [-0.1, -0.05) is 13.0 Å². The van der Waals surface area contributed by atoms with Crippen molar-refractivity contribution in [2.75, 3.05) is 6.54 Å². The van der Waals surface area contributed by atoms with Crippen LogP contribution in [-0.4, -0.2) is 12.6 Å². The van der Waals surface area contributed by atoms with E-state index >= 15 is 0 Å². The van der Waals surface area contributed by atoms with Gasteiger partial charge in [-0.25, -0.2) is 0 Å². The van der Waals surface area contributed by atoms with Gasteiger partial charge in [0.25, 0.3) is 0 Å². The number of benzene rings is 1. The molecule has 2 nitrogen and oxygen atoms in total. The second kappa shape index (κ2) is 5.90. The number of hydrogen-bond acceptors (Lipinski definition) is 2. The Morgan fingerprint density at radius 3 is 2.44 bits per heavy atom. The van der Waals surface area contributed by atoms with Crippen LogP contribution in [0.15, 0.2) is 12.1 Å². The maximum atomic E-state index is 5.76. The molecule has 1 aromatic rings. The molecule has 90 valence electrons. The molecule has 16 heavy (non-hydrogen) atoms. The van der Waals surface area contributed by atoms with Crippen molar-refractivity contribution in [2.24, 2.45) is 0 Å². The highest BCUT2D eigenvalue weighted by molar-refractivity contribution is 5.41. The highest BCUT2D eigenvalue weighted by atomic mass is 16.5. The second-order valence-corrected chi connectivity index (χ2v) is 4.49. The van der Waals surface area contributed by atoms with Crippen LogP contribution in [0.4, 0.5) is 0 Å². The first-order valence-electron chi connectivity index (χ1n) is 6.02. The summed E-state index contributed by atoms with van der Waals surface area (Å²) in [6.45, 7) is 12.4. The van der Waals surface area contributed by atoms with E-state index in [1.807, 2.05) is 0 Å². The maximum Gasteiger partial charge on any atom is 0.122 e. The molecule has 0 aliphatic carbocycles. The van der Waals surface area contributed by atoms with Gasteiger partial charge < -0.3 is 10.1 Å². The fraction of sp³-hybridized carbons (Fsp3) is 0.571. The molecule has 0 fully saturated rings. The molecule has 0 saturated heterocycles. The van der Waals surface area contributed by atoms with Crippen LogP contribution in [0, 0.1) is 13.8 Å². The molecular weight excluding hydrogens is 198 g/mol. The van der Waals surface area contributed by atoms with Crippen LogP contribution in [0.2, 0.25) is 0 Å². The summed E-state index contributed by atoms with van der Waals surface area (Å²) in [5, 5.41) is 3.35. The second-order valence-electron chi connectivity index (χ2n) is 4.49. The van der Waals surface area contributed by atoms with Crippen LogP contribution in [0.5, 0.6) is 5.75 Å². The number of hydrogen-bond donors (Lipinski definition) is 1. The van der Waals surface area contributed by atoms with Gasteiger partial charge in [0.15, 0.2) is 0 Å². The van der Waals surface area contributed by atoms with E-state index in [-0.39, 0.29) is 6.10 Å². The van der Waals surface area contributed by atoms with Crippen molar-refractivity contribution in [3.63, 3.8) is 0 Å². The minimum atomic E-state index is 0.234. The van der Waals surface area contributed by atoms with Gasteiger partial charge in [-0.2, -0.15) is 0 Å². The van der Waals surface area contributed by atoms with Crippen molar-refractivity contribution in [1.82, 2.24) is 5.32 Å². The summed E-state index contributed by atoms with van der Waals surface area (Å²) in [6, 6.07) is 4.36. The molecular formula is C14H23NO. The quantitative estimate of drug-likeness (QED) is 0.824. The lowest BCUT2D eigenvalue weighted by atomic mass is 10.0. The average molecular weight is 221 g/mol. The molecule has 1 N–H and O–H groups in total. The van der Waals surface area contributed by atoms with Crippen molar-refractivity contribution in [2.45, 2.75) is 47.3 Å². The Morgan fingerprint density at radius 1 is 1.19 bits per heavy atom. The van der Waals surface area contributed by atoms with Crippen LogP contribution in [-0.2, 0) is 6.54 Å². The molecule has 0 atom stereocenters. The van der Waals surface area contributed by atoms with Gasteiger partial charge in [-0.3, -0.25) is 0 Å². The van der Waals surface area contributed by atoms with E-state index in [0.29, 0.717) is 0 Å². The molecule has 0 saturated carbocycles. The van der Waals surface area contributed by atoms with Crippen molar-refractivity contribution in [1.29, 1.82) is 0 Å². The fourth-order valence-corrected chi connectivity index (χ4v) is 1.68. The molecule has 0 heterocycles. The Labute approximate surface area is 99.0 Å². The van der Waals surface area contributed by atoms with E-state index in [9.17, 15) is 0 Å². The van der Waals surface area contributed by atoms with Gasteiger partial charge in [-0.15, -0.1) is 0 Å². The highest BCUT2D eigenvalue weighted by Crippen LogP contribution is 2.23. The predicted octanol–water partition coefficient (Wildman–Crippen LogP) is 3.20. The van der Waals surface area contributed by atoms with Gasteiger partial charge >= 0.3 is 0 Å². The van der Waals surface area contributed by atoms with E-state index in [1.165, 1.54) is 16.7 Å². The van der Waals surface area contributed by atoms with Crippen LogP contribution in [0.25, 0.3) is 0 Å². The fourth-order valence-electron chi connectivity index (χ4n) is 1.68. The minimum Gasteiger partial charge on any atom is -0.491 e. The topological polar surface area (TPSA) is 21.3 Å². The maximum absolute atomic E-state index is 5.76. The first-order chi connectivity index (χ1) is 7.54. The molecule has 0 aromatic heterocycles. The van der Waals surface area contributed by atoms with Crippen LogP contribution in [0.3, 0.4) is 0 Å². The Morgan fingerprint density at radius 2 is 1.88 bits per heavy atom. The van der Waals surface area contributed by atoms with E-state index in [1.54, 1.807) is 0 Å². The van der Waals surface area contributed by atoms with Gasteiger partial charge in [0.05, 0.1) is 6.10 Å². The Bertz CT molecular complexity index is 345. The number of nitrogens with one attached hydrogen (secondary N) is 1. The van der Waals surface area contributed by atoms with Gasteiger partial charge in [0, 0.05) is 6.54 Å². The largest absolute Gasteiger partial charge is 0.491 e. The van der Waals surface area contributed by atoms with Crippen LogP contribution in [0.1, 0.15) is 37.5 Å². The number of ether oxygens (including phenoxy) is 1. The van der Waals surface area contributed by atoms with Crippen LogP contribution < -0.4 is 10.1 Å². The van der Waals surface area contributed by atoms with E-state index < -0.39 is 0 Å². The molecule has 0 radical (unpaired) electrons. The molecule has 0 amide bonds. The molecule has 2 heteroatoms. The van der Waals surface area contributed by atoms with Crippen molar-refractivity contribution in [3.05, 3.63) is 28.8 Å². The van der Waals surface area contributed by atoms with Crippen molar-refractivity contribution < 1.29 is 4.74 Å². The average Bonchev–Trinajstić information content (AvgIpc) is 2.20. The summed E-state index contributed by atoms with van der Waals surface area (Å²) >= 11 is 0. The zero-order chi connectivity index (χ0) is 12.1. The van der Waals surface area contributed by atoms with E-state index in [0.717, 1.165) is 18.8 Å². The SMILES string of the molecule is CCNCc1cc(C)c(OC(C)C)cc1C. The van der Waals surface area contributed by atoms with E-state index in [2.05, 4.69) is 52.1 Å². The standard InChI is InChI=1S/C14H23NO/c1-6-15-9-13-7-12(5)14(8-11(13)4)16-10(2)3/h7-8,10,15H,6,9H2,1-5H3. The highest BCUT2D eigenvalue weighted by Gasteiger charge is 2.06. The summed E-state index contributed by atoms with van der Waals surface area (Å²) in [7, 11) is 0. The molecule has 1 aromatic carbocycles. The third-order valence-corrected chi connectivity index (χ3v) is 2.56. The van der Waals surface area contributed by atoms with Gasteiger partial charge in [-0.05, 0) is 57.0 Å². The molecule has 0 aliphatic rings. The van der Waals surface area contributed by atoms with Gasteiger partial charge in [0.1, 0.15) is 5.75 Å². The Kier molecular flexibility index (Phi) is 4.81. The summed E-state index contributed by atoms with van der Waals surface area (Å²) in [6.07, 6.45) is 0.234. The monoisotopic (exact) mass is 221 g/mol. The normalized spacial score (nSPS) is 10.9. The van der Waals surface area contributed by atoms with E-state index in [4.69, 9.17) is 4.74 Å². The third kappa shape index (κ3) is 3.53. The van der Waals surface area contributed by atoms with Gasteiger partial charge in [0.2, 0.25) is 0 Å². The van der Waals surface area contributed by atoms with Crippen molar-refractivity contribution >= 4 is 0 Å². The van der Waals surface area contributed by atoms with Crippen LogP contribution >= 0.6 is 0 Å². The minimum absolute atomic E-state index is 0.234. The smallest absolute Gasteiger partial charge is 0.122 e. The molecule has 0 aliphatic heterocycles. The molecule has 0 unspecified atom stereocenters. The first-order valence-corrected chi connectivity index (χ1v) is 6.02. The summed E-state index contributed by atoms with van der Waals surface area (Å²) in [5.74, 6) is 1.01. The lowest BCUT2D eigenvalue weighted by Crippen LogP contribution is -2.13. The Hall–Kier alpha value is -1.02. The predicted molar refractivity (Wildman–Crippen MR) is 69.1 cm³/mol. The zero-order valence-corrected chi connectivity index (χ0v) is 11.1. The first kappa shape index (κ1) is 13.0. The number of rotatable bonds is 5. The molecule has 0 bridgehead atoms.